The Kier molecular flexibility index (Phi) is 19.9. The normalized spacial score (nSPS) is 14.7. The minimum atomic E-state index is -1.08. The van der Waals surface area contributed by atoms with Gasteiger partial charge in [-0.25, -0.2) is 4.79 Å². The zero-order valence-corrected chi connectivity index (χ0v) is 43.8. The smallest absolute Gasteiger partial charge is 0.331 e. The number of rotatable bonds is 21. The summed E-state index contributed by atoms with van der Waals surface area (Å²) in [6.07, 6.45) is 2.76. The summed E-state index contributed by atoms with van der Waals surface area (Å²) in [6.45, 7) is 20.1. The Bertz CT molecular complexity index is 2530. The van der Waals surface area contributed by atoms with Crippen LogP contribution >= 0.6 is 0 Å². The molecule has 6 amide bonds. The summed E-state index contributed by atoms with van der Waals surface area (Å²) in [5, 5.41) is 24.1. The highest BCUT2D eigenvalue weighted by Gasteiger charge is 2.42. The number of carbonyl (C=O) groups excluding carboxylic acids is 6. The molecule has 0 radical (unpaired) electrons. The van der Waals surface area contributed by atoms with E-state index in [2.05, 4.69) is 38.4 Å². The number of likely N-dealkylation sites (N-methyl/N-ethyl adjacent to an activating group) is 2. The molecular formula is C56H75N7O8. The molecule has 1 unspecified atom stereocenters. The van der Waals surface area contributed by atoms with E-state index in [9.17, 15) is 38.7 Å². The van der Waals surface area contributed by atoms with Gasteiger partial charge in [0.05, 0.1) is 24.3 Å². The summed E-state index contributed by atoms with van der Waals surface area (Å²) in [7, 11) is 3.26. The SMILES string of the molecule is CN[C@H](C(=O)NC(C(=O)N(C)[C@H](/C=C(\C)C(=O)O)C(C)C)C(C)(C)C)C(C)(C)c1cccc(NC(=O)[C@H](C)NC(=O)[C@@H](NC(=O)CCCCC(=O)N2Cc3ccccc3C#Cc3ccccc32)C(C)C)c1. The van der Waals surface area contributed by atoms with Crippen LogP contribution < -0.4 is 31.5 Å². The molecule has 0 fully saturated rings. The third-order valence-corrected chi connectivity index (χ3v) is 13.0. The molecule has 1 aliphatic heterocycles. The minimum Gasteiger partial charge on any atom is -0.478 e. The molecule has 5 atom stereocenters. The van der Waals surface area contributed by atoms with Crippen molar-refractivity contribution in [1.82, 2.24) is 26.2 Å². The van der Waals surface area contributed by atoms with E-state index in [-0.39, 0.29) is 48.0 Å². The number of carboxylic acid groups (broad SMARTS) is 1. The molecular weight excluding hydrogens is 899 g/mol. The van der Waals surface area contributed by atoms with Gasteiger partial charge in [0.15, 0.2) is 0 Å². The Labute approximate surface area is 420 Å². The molecule has 4 rings (SSSR count). The first-order valence-electron chi connectivity index (χ1n) is 24.4. The molecule has 382 valence electrons. The molecule has 3 aromatic rings. The molecule has 3 aromatic carbocycles. The zero-order chi connectivity index (χ0) is 53.0. The Morgan fingerprint density at radius 3 is 1.99 bits per heavy atom. The number of nitrogens with zero attached hydrogens (tertiary/aromatic N) is 2. The fourth-order valence-electron chi connectivity index (χ4n) is 8.59. The van der Waals surface area contributed by atoms with Crippen LogP contribution in [0.15, 0.2) is 84.4 Å². The van der Waals surface area contributed by atoms with Crippen molar-refractivity contribution < 1.29 is 38.7 Å². The van der Waals surface area contributed by atoms with Gasteiger partial charge in [-0.05, 0) is 92.4 Å². The molecule has 15 nitrogen and oxygen atoms in total. The first-order chi connectivity index (χ1) is 33.3. The fourth-order valence-corrected chi connectivity index (χ4v) is 8.59. The van der Waals surface area contributed by atoms with Crippen LogP contribution in [0.2, 0.25) is 0 Å². The van der Waals surface area contributed by atoms with E-state index < -0.39 is 64.7 Å². The summed E-state index contributed by atoms with van der Waals surface area (Å²) in [5.41, 5.74) is 2.96. The van der Waals surface area contributed by atoms with Gasteiger partial charge >= 0.3 is 5.97 Å². The third kappa shape index (κ3) is 15.1. The van der Waals surface area contributed by atoms with Crippen molar-refractivity contribution in [3.8, 4) is 11.8 Å². The van der Waals surface area contributed by atoms with E-state index in [0.717, 1.165) is 22.4 Å². The molecule has 0 spiro atoms. The van der Waals surface area contributed by atoms with Gasteiger partial charge in [0.25, 0.3) is 0 Å². The van der Waals surface area contributed by atoms with Crippen LogP contribution in [-0.4, -0.2) is 95.7 Å². The summed E-state index contributed by atoms with van der Waals surface area (Å²) in [5.74, 6) is 2.70. The Hall–Kier alpha value is -6.79. The predicted molar refractivity (Wildman–Crippen MR) is 278 cm³/mol. The maximum Gasteiger partial charge on any atom is 0.331 e. The average Bonchev–Trinajstić information content (AvgIpc) is 3.30. The number of amides is 6. The molecule has 0 saturated heterocycles. The van der Waals surface area contributed by atoms with Gasteiger partial charge in [-0.2, -0.15) is 0 Å². The highest BCUT2D eigenvalue weighted by molar-refractivity contribution is 5.99. The Morgan fingerprint density at radius 1 is 0.746 bits per heavy atom. The van der Waals surface area contributed by atoms with Gasteiger partial charge in [0.2, 0.25) is 35.4 Å². The standard InChI is InChI=1S/C56H75N7O8/c1-34(2)44(31-36(5)54(70)71)62(13)53(69)49(55(7,8)9)61-52(68)48(57-12)56(10,11)41-24-20-25-42(32-41)59-50(66)37(6)58-51(67)47(35(3)4)60-45(64)27-18-19-28-46(65)63-33-40-23-15-14-21-38(40)29-30-39-22-16-17-26-43(39)63/h14-17,20-26,31-32,34-35,37,44,47-49,57H,18-19,27-28,33H2,1-13H3,(H,58,67)(H,59,66)(H,60,64)(H,61,68)(H,70,71)/b36-31+/t37-,44+,47-,48+,49?/m0/s1. The number of hydrogen-bond donors (Lipinski definition) is 6. The lowest BCUT2D eigenvalue weighted by Crippen LogP contribution is -2.61. The van der Waals surface area contributed by atoms with Crippen molar-refractivity contribution in [3.63, 3.8) is 0 Å². The van der Waals surface area contributed by atoms with E-state index in [1.165, 1.54) is 11.8 Å². The molecule has 15 heteroatoms. The van der Waals surface area contributed by atoms with Gasteiger partial charge in [-0.15, -0.1) is 0 Å². The second kappa shape index (κ2) is 24.9. The first kappa shape index (κ1) is 56.8. The van der Waals surface area contributed by atoms with Crippen molar-refractivity contribution in [2.45, 2.75) is 144 Å². The van der Waals surface area contributed by atoms with Crippen LogP contribution in [0.1, 0.15) is 124 Å². The zero-order valence-electron chi connectivity index (χ0n) is 43.8. The van der Waals surface area contributed by atoms with Crippen molar-refractivity contribution in [2.24, 2.45) is 17.3 Å². The largest absolute Gasteiger partial charge is 0.478 e. The van der Waals surface area contributed by atoms with E-state index in [0.29, 0.717) is 30.6 Å². The number of benzene rings is 3. The summed E-state index contributed by atoms with van der Waals surface area (Å²) in [6, 6.07) is 18.1. The van der Waals surface area contributed by atoms with E-state index >= 15 is 0 Å². The number of carbonyl (C=O) groups is 7. The van der Waals surface area contributed by atoms with Crippen LogP contribution in [0.25, 0.3) is 0 Å². The molecule has 6 N–H and O–H groups in total. The monoisotopic (exact) mass is 974 g/mol. The summed E-state index contributed by atoms with van der Waals surface area (Å²) >= 11 is 0. The van der Waals surface area contributed by atoms with E-state index in [1.54, 1.807) is 64.0 Å². The van der Waals surface area contributed by atoms with Crippen LogP contribution in [-0.2, 0) is 45.5 Å². The van der Waals surface area contributed by atoms with Crippen molar-refractivity contribution in [3.05, 3.63) is 107 Å². The number of anilines is 2. The van der Waals surface area contributed by atoms with Crippen LogP contribution in [0, 0.1) is 29.1 Å². The van der Waals surface area contributed by atoms with Crippen molar-refractivity contribution in [1.29, 1.82) is 0 Å². The van der Waals surface area contributed by atoms with Crippen LogP contribution in [0.4, 0.5) is 11.4 Å². The Balaban J connectivity index is 1.35. The highest BCUT2D eigenvalue weighted by Crippen LogP contribution is 2.31. The van der Waals surface area contributed by atoms with Gasteiger partial charge in [0, 0.05) is 47.7 Å². The molecule has 0 bridgehead atoms. The summed E-state index contributed by atoms with van der Waals surface area (Å²) < 4.78 is 0. The number of para-hydroxylation sites is 1. The Morgan fingerprint density at radius 2 is 1.37 bits per heavy atom. The van der Waals surface area contributed by atoms with E-state index in [1.807, 2.05) is 103 Å². The van der Waals surface area contributed by atoms with Crippen LogP contribution in [0.5, 0.6) is 0 Å². The minimum absolute atomic E-state index is 0.0753. The summed E-state index contributed by atoms with van der Waals surface area (Å²) in [4.78, 5) is 97.2. The maximum atomic E-state index is 14.2. The maximum absolute atomic E-state index is 14.2. The molecule has 0 aromatic heterocycles. The quantitative estimate of drug-likeness (QED) is 0.0382. The predicted octanol–water partition coefficient (Wildman–Crippen LogP) is 6.69. The fraction of sp³-hybridized carbons (Fsp3) is 0.482. The van der Waals surface area contributed by atoms with Gasteiger partial charge in [-0.3, -0.25) is 28.8 Å². The lowest BCUT2D eigenvalue weighted by Gasteiger charge is -2.40. The van der Waals surface area contributed by atoms with Crippen LogP contribution in [0.3, 0.4) is 0 Å². The van der Waals surface area contributed by atoms with Gasteiger partial charge < -0.3 is 41.5 Å². The van der Waals surface area contributed by atoms with Crippen molar-refractivity contribution in [2.75, 3.05) is 24.3 Å². The number of nitrogens with one attached hydrogen (secondary N) is 5. The molecule has 1 aliphatic rings. The van der Waals surface area contributed by atoms with E-state index in [4.69, 9.17) is 0 Å². The number of fused-ring (bicyclic) bond motifs is 2. The number of carboxylic acids is 1. The lowest BCUT2D eigenvalue weighted by atomic mass is 9.76. The average molecular weight is 974 g/mol. The number of aliphatic carboxylic acids is 1. The highest BCUT2D eigenvalue weighted by atomic mass is 16.4. The molecule has 71 heavy (non-hydrogen) atoms. The first-order valence-corrected chi connectivity index (χ1v) is 24.4. The third-order valence-electron chi connectivity index (χ3n) is 13.0. The molecule has 0 saturated carbocycles. The second-order valence-electron chi connectivity index (χ2n) is 20.8. The molecule has 1 heterocycles. The van der Waals surface area contributed by atoms with Crippen molar-refractivity contribution >= 4 is 52.8 Å². The van der Waals surface area contributed by atoms with Gasteiger partial charge in [0.1, 0.15) is 18.1 Å². The second-order valence-corrected chi connectivity index (χ2v) is 20.8. The number of hydrogen-bond acceptors (Lipinski definition) is 8. The topological polar surface area (TPSA) is 206 Å². The number of unbranched alkanes of at least 4 members (excludes halogenated alkanes) is 1. The molecule has 0 aliphatic carbocycles. The lowest BCUT2D eigenvalue weighted by molar-refractivity contribution is -0.141. The van der Waals surface area contributed by atoms with Gasteiger partial charge in [-0.1, -0.05) is 123 Å².